The van der Waals surface area contributed by atoms with E-state index in [4.69, 9.17) is 9.97 Å². The van der Waals surface area contributed by atoms with Gasteiger partial charge < -0.3 is 15.1 Å². The summed E-state index contributed by atoms with van der Waals surface area (Å²) in [7, 11) is 0. The van der Waals surface area contributed by atoms with Gasteiger partial charge in [-0.05, 0) is 44.1 Å². The summed E-state index contributed by atoms with van der Waals surface area (Å²) in [5.74, 6) is 3.18. The second-order valence-electron chi connectivity index (χ2n) is 8.56. The van der Waals surface area contributed by atoms with Crippen LogP contribution in [0, 0.1) is 5.92 Å². The van der Waals surface area contributed by atoms with E-state index in [-0.39, 0.29) is 6.03 Å². The van der Waals surface area contributed by atoms with E-state index in [1.165, 1.54) is 28.7 Å². The van der Waals surface area contributed by atoms with Gasteiger partial charge in [-0.2, -0.15) is 0 Å². The summed E-state index contributed by atoms with van der Waals surface area (Å²) >= 11 is 1.88. The molecule has 3 heterocycles. The minimum absolute atomic E-state index is 0.0437. The highest BCUT2D eigenvalue weighted by Gasteiger charge is 2.29. The van der Waals surface area contributed by atoms with Crippen LogP contribution >= 0.6 is 11.3 Å². The Balaban J connectivity index is 1.70. The van der Waals surface area contributed by atoms with E-state index in [1.807, 2.05) is 23.2 Å². The Labute approximate surface area is 177 Å². The molecule has 7 heteroatoms. The smallest absolute Gasteiger partial charge is 0.317 e. The third-order valence-corrected chi connectivity index (χ3v) is 7.55. The van der Waals surface area contributed by atoms with E-state index in [0.717, 1.165) is 61.4 Å². The Kier molecular flexibility index (Phi) is 5.95. The van der Waals surface area contributed by atoms with Crippen LogP contribution in [0.2, 0.25) is 0 Å². The summed E-state index contributed by atoms with van der Waals surface area (Å²) in [6.45, 7) is 12.5. The monoisotopic (exact) mass is 415 g/mol. The van der Waals surface area contributed by atoms with E-state index >= 15 is 0 Å². The van der Waals surface area contributed by atoms with Gasteiger partial charge in [-0.1, -0.05) is 20.8 Å². The van der Waals surface area contributed by atoms with Crippen molar-refractivity contribution in [2.24, 2.45) is 5.92 Å². The number of nitrogens with zero attached hydrogens (tertiary/aromatic N) is 4. The summed E-state index contributed by atoms with van der Waals surface area (Å²) in [6.07, 6.45) is 4.59. The molecule has 1 aliphatic carbocycles. The molecule has 1 aliphatic heterocycles. The highest BCUT2D eigenvalue weighted by atomic mass is 32.1. The largest absolute Gasteiger partial charge is 0.352 e. The number of amides is 2. The average molecular weight is 416 g/mol. The zero-order valence-electron chi connectivity index (χ0n) is 18.1. The predicted molar refractivity (Wildman–Crippen MR) is 120 cm³/mol. The van der Waals surface area contributed by atoms with Gasteiger partial charge in [0.25, 0.3) is 0 Å². The number of anilines is 1. The van der Waals surface area contributed by atoms with Crippen LogP contribution in [-0.2, 0) is 12.8 Å². The Hall–Kier alpha value is -1.89. The number of carbonyl (C=O) groups excluding carboxylic acids is 1. The normalized spacial score (nSPS) is 20.6. The van der Waals surface area contributed by atoms with Crippen LogP contribution in [0.4, 0.5) is 10.6 Å². The van der Waals surface area contributed by atoms with Crippen molar-refractivity contribution < 1.29 is 4.79 Å². The van der Waals surface area contributed by atoms with Gasteiger partial charge in [-0.15, -0.1) is 11.3 Å². The molecule has 0 spiro atoms. The topological polar surface area (TPSA) is 61.4 Å². The molecule has 29 heavy (non-hydrogen) atoms. The fourth-order valence-electron chi connectivity index (χ4n) is 4.36. The molecule has 2 aromatic heterocycles. The number of piperazine rings is 1. The Morgan fingerprint density at radius 1 is 1.24 bits per heavy atom. The van der Waals surface area contributed by atoms with Crippen LogP contribution in [0.1, 0.15) is 62.7 Å². The van der Waals surface area contributed by atoms with Crippen molar-refractivity contribution in [1.82, 2.24) is 20.2 Å². The molecule has 0 saturated carbocycles. The van der Waals surface area contributed by atoms with Crippen molar-refractivity contribution in [3.8, 4) is 0 Å². The molecule has 158 valence electrons. The summed E-state index contributed by atoms with van der Waals surface area (Å²) in [5, 5.41) is 4.20. The lowest BCUT2D eigenvalue weighted by Crippen LogP contribution is -2.52. The standard InChI is InChI=1S/C22H33N5OS/c1-5-15(4)19-24-20(26-9-11-27(12-10-26)22(28)23-6-2)18-16-8-7-14(3)13-17(16)29-21(18)25-19/h14-15H,5-13H2,1-4H3,(H,23,28)/t14-,15+/m0/s1. The molecule has 1 fully saturated rings. The maximum Gasteiger partial charge on any atom is 0.317 e. The molecular formula is C22H33N5OS. The maximum absolute atomic E-state index is 12.2. The molecule has 0 aromatic carbocycles. The van der Waals surface area contributed by atoms with Crippen molar-refractivity contribution in [2.75, 3.05) is 37.6 Å². The number of thiophene rings is 1. The molecular weight excluding hydrogens is 382 g/mol. The predicted octanol–water partition coefficient (Wildman–Crippen LogP) is 4.18. The van der Waals surface area contributed by atoms with Gasteiger partial charge in [0.15, 0.2) is 0 Å². The molecule has 0 bridgehead atoms. The summed E-state index contributed by atoms with van der Waals surface area (Å²) in [6, 6.07) is 0.0437. The number of aryl methyl sites for hydroxylation is 1. The molecule has 0 radical (unpaired) electrons. The molecule has 2 atom stereocenters. The van der Waals surface area contributed by atoms with Crippen molar-refractivity contribution in [1.29, 1.82) is 0 Å². The summed E-state index contributed by atoms with van der Waals surface area (Å²) in [5.41, 5.74) is 1.49. The van der Waals surface area contributed by atoms with E-state index in [2.05, 4.69) is 31.0 Å². The molecule has 0 unspecified atom stereocenters. The number of nitrogens with one attached hydrogen (secondary N) is 1. The van der Waals surface area contributed by atoms with Gasteiger partial charge in [0, 0.05) is 43.5 Å². The Morgan fingerprint density at radius 2 is 2.00 bits per heavy atom. The number of aromatic nitrogens is 2. The van der Waals surface area contributed by atoms with Gasteiger partial charge in [0.1, 0.15) is 16.5 Å². The van der Waals surface area contributed by atoms with Crippen molar-refractivity contribution in [3.05, 3.63) is 16.3 Å². The van der Waals surface area contributed by atoms with Crippen LogP contribution in [0.15, 0.2) is 0 Å². The second-order valence-corrected chi connectivity index (χ2v) is 9.64. The lowest BCUT2D eigenvalue weighted by molar-refractivity contribution is 0.195. The molecule has 1 saturated heterocycles. The summed E-state index contributed by atoms with van der Waals surface area (Å²) in [4.78, 5) is 29.3. The number of hydrogen-bond donors (Lipinski definition) is 1. The van der Waals surface area contributed by atoms with Crippen molar-refractivity contribution in [3.63, 3.8) is 0 Å². The number of carbonyl (C=O) groups is 1. The van der Waals surface area contributed by atoms with Crippen LogP contribution in [0.3, 0.4) is 0 Å². The zero-order chi connectivity index (χ0) is 20.5. The first-order valence-electron chi connectivity index (χ1n) is 11.1. The molecule has 2 aromatic rings. The van der Waals surface area contributed by atoms with Crippen LogP contribution in [0.25, 0.3) is 10.2 Å². The van der Waals surface area contributed by atoms with Gasteiger partial charge >= 0.3 is 6.03 Å². The SMILES string of the molecule is CCNC(=O)N1CCN(c2nc([C@H](C)CC)nc3sc4c(c23)CC[C@H](C)C4)CC1. The van der Waals surface area contributed by atoms with Crippen LogP contribution in [0.5, 0.6) is 0 Å². The van der Waals surface area contributed by atoms with E-state index < -0.39 is 0 Å². The fourth-order valence-corrected chi connectivity index (χ4v) is 5.74. The maximum atomic E-state index is 12.2. The fraction of sp³-hybridized carbons (Fsp3) is 0.682. The lowest BCUT2D eigenvalue weighted by Gasteiger charge is -2.36. The van der Waals surface area contributed by atoms with Gasteiger partial charge in [-0.3, -0.25) is 0 Å². The molecule has 6 nitrogen and oxygen atoms in total. The first-order valence-corrected chi connectivity index (χ1v) is 11.9. The molecule has 2 aliphatic rings. The number of rotatable bonds is 4. The zero-order valence-corrected chi connectivity index (χ0v) is 18.9. The van der Waals surface area contributed by atoms with E-state index in [1.54, 1.807) is 0 Å². The second kappa shape index (κ2) is 8.46. The van der Waals surface area contributed by atoms with Crippen molar-refractivity contribution >= 4 is 33.4 Å². The number of urea groups is 1. The Bertz CT molecular complexity index is 887. The Morgan fingerprint density at radius 3 is 2.69 bits per heavy atom. The van der Waals surface area contributed by atoms with E-state index in [0.29, 0.717) is 12.5 Å². The highest BCUT2D eigenvalue weighted by molar-refractivity contribution is 7.19. The number of hydrogen-bond acceptors (Lipinski definition) is 5. The average Bonchev–Trinajstić information content (AvgIpc) is 3.10. The first-order chi connectivity index (χ1) is 14.0. The van der Waals surface area contributed by atoms with Gasteiger partial charge in [0.2, 0.25) is 0 Å². The van der Waals surface area contributed by atoms with Gasteiger partial charge in [-0.25, -0.2) is 14.8 Å². The first kappa shape index (κ1) is 20.4. The summed E-state index contributed by atoms with van der Waals surface area (Å²) < 4.78 is 0. The minimum atomic E-state index is 0.0437. The molecule has 2 amide bonds. The minimum Gasteiger partial charge on any atom is -0.352 e. The van der Waals surface area contributed by atoms with Crippen LogP contribution < -0.4 is 10.2 Å². The third-order valence-electron chi connectivity index (χ3n) is 6.40. The molecule has 4 rings (SSSR count). The third kappa shape index (κ3) is 3.93. The number of fused-ring (bicyclic) bond motifs is 3. The van der Waals surface area contributed by atoms with Crippen molar-refractivity contribution in [2.45, 2.75) is 59.3 Å². The highest BCUT2D eigenvalue weighted by Crippen LogP contribution is 2.41. The van der Waals surface area contributed by atoms with Crippen LogP contribution in [-0.4, -0.2) is 53.6 Å². The van der Waals surface area contributed by atoms with Gasteiger partial charge in [0.05, 0.1) is 5.39 Å². The molecule has 1 N–H and O–H groups in total. The quantitative estimate of drug-likeness (QED) is 0.814. The lowest BCUT2D eigenvalue weighted by atomic mass is 9.89. The van der Waals surface area contributed by atoms with E-state index in [9.17, 15) is 4.79 Å².